The van der Waals surface area contributed by atoms with Crippen LogP contribution in [0.2, 0.25) is 0 Å². The highest BCUT2D eigenvalue weighted by Crippen LogP contribution is 2.35. The molecule has 0 spiro atoms. The summed E-state index contributed by atoms with van der Waals surface area (Å²) in [6.07, 6.45) is 3.88. The van der Waals surface area contributed by atoms with Gasteiger partial charge in [0, 0.05) is 17.5 Å². The van der Waals surface area contributed by atoms with Crippen LogP contribution in [0.1, 0.15) is 5.56 Å². The molecule has 1 fully saturated rings. The van der Waals surface area contributed by atoms with Crippen molar-refractivity contribution in [2.24, 2.45) is 4.99 Å². The summed E-state index contributed by atoms with van der Waals surface area (Å²) in [5.74, 6) is 0.680. The van der Waals surface area contributed by atoms with Crippen molar-refractivity contribution in [3.63, 3.8) is 0 Å². The molecule has 0 radical (unpaired) electrons. The molecule has 3 rings (SSSR count). The second kappa shape index (κ2) is 7.80. The average molecular weight is 370 g/mol. The van der Waals surface area contributed by atoms with Gasteiger partial charge in [-0.2, -0.15) is 0 Å². The smallest absolute Gasteiger partial charge is 0.266 e. The number of benzene rings is 2. The van der Waals surface area contributed by atoms with E-state index in [0.717, 1.165) is 21.9 Å². The van der Waals surface area contributed by atoms with Gasteiger partial charge in [0.1, 0.15) is 5.75 Å². The van der Waals surface area contributed by atoms with Crippen LogP contribution in [0.25, 0.3) is 6.08 Å². The molecule has 0 N–H and O–H groups in total. The van der Waals surface area contributed by atoms with Crippen molar-refractivity contribution >= 4 is 46.4 Å². The molecule has 2 aromatic rings. The quantitative estimate of drug-likeness (QED) is 0.580. The van der Waals surface area contributed by atoms with Crippen molar-refractivity contribution in [2.75, 3.05) is 20.4 Å². The van der Waals surface area contributed by atoms with Crippen LogP contribution in [-0.4, -0.2) is 36.4 Å². The Bertz CT molecular complexity index is 862. The fourth-order valence-corrected chi connectivity index (χ4v) is 3.80. The maximum atomic E-state index is 12.5. The van der Waals surface area contributed by atoms with Crippen molar-refractivity contribution in [2.45, 2.75) is 4.90 Å². The number of carbonyl (C=O) groups is 1. The van der Waals surface area contributed by atoms with E-state index in [0.29, 0.717) is 10.1 Å². The number of aliphatic imine (C=N–C) groups is 1. The van der Waals surface area contributed by atoms with Crippen LogP contribution >= 0.6 is 23.5 Å². The molecular weight excluding hydrogens is 352 g/mol. The lowest BCUT2D eigenvalue weighted by atomic mass is 10.2. The Labute approximate surface area is 156 Å². The van der Waals surface area contributed by atoms with Crippen molar-refractivity contribution < 1.29 is 9.53 Å². The summed E-state index contributed by atoms with van der Waals surface area (Å²) in [5, 5.41) is 0.671. The molecule has 1 aliphatic heterocycles. The zero-order chi connectivity index (χ0) is 17.8. The monoisotopic (exact) mass is 370 g/mol. The lowest BCUT2D eigenvalue weighted by molar-refractivity contribution is -0.121. The Morgan fingerprint density at radius 3 is 2.76 bits per heavy atom. The van der Waals surface area contributed by atoms with Crippen LogP contribution in [0.4, 0.5) is 5.69 Å². The first-order valence-electron chi connectivity index (χ1n) is 7.65. The molecule has 0 bridgehead atoms. The normalized spacial score (nSPS) is 17.6. The van der Waals surface area contributed by atoms with Gasteiger partial charge in [-0.3, -0.25) is 9.69 Å². The van der Waals surface area contributed by atoms with E-state index >= 15 is 0 Å². The van der Waals surface area contributed by atoms with Crippen LogP contribution < -0.4 is 4.74 Å². The molecule has 25 heavy (non-hydrogen) atoms. The first kappa shape index (κ1) is 17.6. The Hall–Kier alpha value is -2.18. The van der Waals surface area contributed by atoms with Gasteiger partial charge in [0.2, 0.25) is 0 Å². The van der Waals surface area contributed by atoms with E-state index in [4.69, 9.17) is 4.74 Å². The van der Waals surface area contributed by atoms with E-state index in [9.17, 15) is 4.79 Å². The number of hydrogen-bond acceptors (Lipinski definition) is 5. The van der Waals surface area contributed by atoms with Gasteiger partial charge in [-0.1, -0.05) is 24.3 Å². The van der Waals surface area contributed by atoms with Crippen molar-refractivity contribution in [1.29, 1.82) is 0 Å². The van der Waals surface area contributed by atoms with Gasteiger partial charge in [-0.05, 0) is 48.4 Å². The molecule has 6 heteroatoms. The van der Waals surface area contributed by atoms with Gasteiger partial charge in [0.15, 0.2) is 5.17 Å². The molecule has 0 unspecified atom stereocenters. The summed E-state index contributed by atoms with van der Waals surface area (Å²) < 4.78 is 5.35. The summed E-state index contributed by atoms with van der Waals surface area (Å²) in [7, 11) is 3.37. The summed E-state index contributed by atoms with van der Waals surface area (Å²) in [6.45, 7) is 0. The number of amides is 1. The van der Waals surface area contributed by atoms with Gasteiger partial charge in [0.05, 0.1) is 17.7 Å². The fraction of sp³-hybridized carbons (Fsp3) is 0.158. The largest absolute Gasteiger partial charge is 0.496 e. The highest BCUT2D eigenvalue weighted by molar-refractivity contribution is 8.18. The topological polar surface area (TPSA) is 41.9 Å². The predicted octanol–water partition coefficient (Wildman–Crippen LogP) is 4.65. The number of rotatable bonds is 4. The Morgan fingerprint density at radius 1 is 1.20 bits per heavy atom. The molecule has 128 valence electrons. The zero-order valence-corrected chi connectivity index (χ0v) is 15.9. The molecular formula is C19H18N2O2S2. The van der Waals surface area contributed by atoms with Crippen LogP contribution in [0.5, 0.6) is 5.75 Å². The van der Waals surface area contributed by atoms with E-state index in [1.54, 1.807) is 30.8 Å². The molecule has 0 aromatic heterocycles. The minimum absolute atomic E-state index is 0.0596. The number of ether oxygens (including phenoxy) is 1. The molecule has 4 nitrogen and oxygen atoms in total. The molecule has 1 heterocycles. The Morgan fingerprint density at radius 2 is 2.00 bits per heavy atom. The number of amidine groups is 1. The molecule has 1 amide bonds. The standard InChI is InChI=1S/C19H18N2O2S2/c1-21-18(22)17(11-13-7-4-5-10-16(13)23-2)25-19(21)20-14-8-6-9-15(12-14)24-3/h4-12H,1-3H3/b17-11+,20-19?. The minimum atomic E-state index is -0.0596. The van der Waals surface area contributed by atoms with E-state index in [1.807, 2.05) is 60.9 Å². The van der Waals surface area contributed by atoms with Crippen LogP contribution in [0, 0.1) is 0 Å². The van der Waals surface area contributed by atoms with Gasteiger partial charge < -0.3 is 4.74 Å². The molecule has 0 saturated carbocycles. The number of para-hydroxylation sites is 1. The van der Waals surface area contributed by atoms with Crippen LogP contribution in [-0.2, 0) is 4.79 Å². The minimum Gasteiger partial charge on any atom is -0.496 e. The number of hydrogen-bond donors (Lipinski definition) is 0. The number of thioether (sulfide) groups is 2. The number of carbonyl (C=O) groups excluding carboxylic acids is 1. The lowest BCUT2D eigenvalue weighted by Gasteiger charge is -2.07. The van der Waals surface area contributed by atoms with Crippen LogP contribution in [0.15, 0.2) is 63.3 Å². The first-order valence-corrected chi connectivity index (χ1v) is 9.70. The maximum absolute atomic E-state index is 12.5. The fourth-order valence-electron chi connectivity index (χ4n) is 2.37. The number of nitrogens with zero attached hydrogens (tertiary/aromatic N) is 2. The predicted molar refractivity (Wildman–Crippen MR) is 107 cm³/mol. The SMILES string of the molecule is COc1ccccc1/C=C1/SC(=Nc2cccc(SC)c2)N(C)C1=O. The second-order valence-corrected chi connectivity index (χ2v) is 7.20. The van der Waals surface area contributed by atoms with E-state index in [2.05, 4.69) is 4.99 Å². The first-order chi connectivity index (χ1) is 12.1. The van der Waals surface area contributed by atoms with Crippen molar-refractivity contribution in [3.8, 4) is 5.75 Å². The second-order valence-electron chi connectivity index (χ2n) is 5.31. The van der Waals surface area contributed by atoms with Gasteiger partial charge in [0.25, 0.3) is 5.91 Å². The van der Waals surface area contributed by atoms with E-state index in [-0.39, 0.29) is 5.91 Å². The Kier molecular flexibility index (Phi) is 5.50. The summed E-state index contributed by atoms with van der Waals surface area (Å²) in [4.78, 5) is 20.5. The van der Waals surface area contributed by atoms with Gasteiger partial charge in [-0.25, -0.2) is 4.99 Å². The van der Waals surface area contributed by atoms with Crippen molar-refractivity contribution in [1.82, 2.24) is 4.90 Å². The third-order valence-corrected chi connectivity index (χ3v) is 5.49. The lowest BCUT2D eigenvalue weighted by Crippen LogP contribution is -2.23. The van der Waals surface area contributed by atoms with Gasteiger partial charge >= 0.3 is 0 Å². The van der Waals surface area contributed by atoms with Gasteiger partial charge in [-0.15, -0.1) is 11.8 Å². The highest BCUT2D eigenvalue weighted by Gasteiger charge is 2.30. The summed E-state index contributed by atoms with van der Waals surface area (Å²) in [6, 6.07) is 15.6. The number of methoxy groups -OCH3 is 1. The molecule has 0 aliphatic carbocycles. The Balaban J connectivity index is 1.91. The van der Waals surface area contributed by atoms with Crippen molar-refractivity contribution in [3.05, 3.63) is 59.0 Å². The number of likely N-dealkylation sites (N-methyl/N-ethyl adjacent to an activating group) is 1. The molecule has 2 aromatic carbocycles. The third-order valence-electron chi connectivity index (χ3n) is 3.71. The maximum Gasteiger partial charge on any atom is 0.266 e. The third kappa shape index (κ3) is 3.91. The van der Waals surface area contributed by atoms with Crippen LogP contribution in [0.3, 0.4) is 0 Å². The average Bonchev–Trinajstić information content (AvgIpc) is 2.90. The van der Waals surface area contributed by atoms with E-state index < -0.39 is 0 Å². The molecule has 1 saturated heterocycles. The molecule has 0 atom stereocenters. The van der Waals surface area contributed by atoms with E-state index in [1.165, 1.54) is 11.8 Å². The highest BCUT2D eigenvalue weighted by atomic mass is 32.2. The summed E-state index contributed by atoms with van der Waals surface area (Å²) >= 11 is 3.04. The summed E-state index contributed by atoms with van der Waals surface area (Å²) in [5.41, 5.74) is 1.72. The zero-order valence-electron chi connectivity index (χ0n) is 14.2. The molecule has 1 aliphatic rings.